The summed E-state index contributed by atoms with van der Waals surface area (Å²) in [6.45, 7) is 1.09. The lowest BCUT2D eigenvalue weighted by Crippen LogP contribution is -2.19. The van der Waals surface area contributed by atoms with Crippen molar-refractivity contribution >= 4 is 11.3 Å². The number of nitrogens with zero attached hydrogens (tertiary/aromatic N) is 2. The van der Waals surface area contributed by atoms with Crippen molar-refractivity contribution < 1.29 is 0 Å². The SMILES string of the molecule is C(Cc1nnc(C2C3C4CCC(C4)C23)s1)NC1CC1. The zero-order valence-electron chi connectivity index (χ0n) is 11.2. The minimum absolute atomic E-state index is 0.811. The van der Waals surface area contributed by atoms with E-state index < -0.39 is 0 Å². The third kappa shape index (κ3) is 1.79. The van der Waals surface area contributed by atoms with Crippen molar-refractivity contribution in [3.63, 3.8) is 0 Å². The Morgan fingerprint density at radius 2 is 1.84 bits per heavy atom. The van der Waals surface area contributed by atoms with Crippen molar-refractivity contribution in [2.75, 3.05) is 6.54 Å². The highest BCUT2D eigenvalue weighted by Crippen LogP contribution is 2.73. The lowest BCUT2D eigenvalue weighted by atomic mass is 10.0. The molecular formula is C15H21N3S. The number of rotatable bonds is 5. The molecule has 0 amide bonds. The van der Waals surface area contributed by atoms with Gasteiger partial charge in [-0.15, -0.1) is 21.5 Å². The fraction of sp³-hybridized carbons (Fsp3) is 0.867. The molecule has 4 aliphatic carbocycles. The lowest BCUT2D eigenvalue weighted by Gasteiger charge is -2.04. The van der Waals surface area contributed by atoms with Gasteiger partial charge >= 0.3 is 0 Å². The first-order valence-electron chi connectivity index (χ1n) is 7.96. The molecule has 1 heterocycles. The predicted molar refractivity (Wildman–Crippen MR) is 75.2 cm³/mol. The molecule has 5 rings (SSSR count). The molecule has 3 nitrogen and oxygen atoms in total. The normalized spacial score (nSPS) is 42.6. The summed E-state index contributed by atoms with van der Waals surface area (Å²) in [6, 6.07) is 0.811. The highest BCUT2D eigenvalue weighted by Gasteiger charge is 2.66. The molecule has 4 aliphatic rings. The second-order valence-electron chi connectivity index (χ2n) is 7.03. The Bertz CT molecular complexity index is 479. The molecule has 0 aromatic carbocycles. The Morgan fingerprint density at radius 1 is 1.05 bits per heavy atom. The van der Waals surface area contributed by atoms with Crippen LogP contribution in [0, 0.1) is 23.7 Å². The summed E-state index contributed by atoms with van der Waals surface area (Å²) in [5.41, 5.74) is 0. The van der Waals surface area contributed by atoms with E-state index in [2.05, 4.69) is 15.5 Å². The highest BCUT2D eigenvalue weighted by atomic mass is 32.1. The van der Waals surface area contributed by atoms with Gasteiger partial charge in [0.1, 0.15) is 10.0 Å². The van der Waals surface area contributed by atoms with Gasteiger partial charge in [-0.1, -0.05) is 0 Å². The Morgan fingerprint density at radius 3 is 2.58 bits per heavy atom. The van der Waals surface area contributed by atoms with Gasteiger partial charge in [-0.05, 0) is 55.8 Å². The Labute approximate surface area is 118 Å². The van der Waals surface area contributed by atoms with Crippen LogP contribution in [0.2, 0.25) is 0 Å². The van der Waals surface area contributed by atoms with Crippen LogP contribution in [0.15, 0.2) is 0 Å². The van der Waals surface area contributed by atoms with E-state index in [0.717, 1.165) is 48.6 Å². The summed E-state index contributed by atoms with van der Waals surface area (Å²) < 4.78 is 0. The molecule has 1 N–H and O–H groups in total. The number of fused-ring (bicyclic) bond motifs is 5. The van der Waals surface area contributed by atoms with Crippen molar-refractivity contribution in [3.05, 3.63) is 10.0 Å². The summed E-state index contributed by atoms with van der Waals surface area (Å²) in [5.74, 6) is 4.91. The molecular weight excluding hydrogens is 254 g/mol. The van der Waals surface area contributed by atoms with Crippen LogP contribution in [-0.4, -0.2) is 22.8 Å². The summed E-state index contributed by atoms with van der Waals surface area (Å²) in [7, 11) is 0. The summed E-state index contributed by atoms with van der Waals surface area (Å²) in [4.78, 5) is 0. The van der Waals surface area contributed by atoms with Gasteiger partial charge in [0.25, 0.3) is 0 Å². The molecule has 4 unspecified atom stereocenters. The Balaban J connectivity index is 1.23. The van der Waals surface area contributed by atoms with Crippen LogP contribution >= 0.6 is 11.3 Å². The Hall–Kier alpha value is -0.480. The molecule has 4 heteroatoms. The van der Waals surface area contributed by atoms with Gasteiger partial charge < -0.3 is 5.32 Å². The molecule has 102 valence electrons. The summed E-state index contributed by atoms with van der Waals surface area (Å²) in [5, 5.41) is 15.1. The number of hydrogen-bond donors (Lipinski definition) is 1. The minimum Gasteiger partial charge on any atom is -0.314 e. The van der Waals surface area contributed by atoms with Crippen LogP contribution in [0.3, 0.4) is 0 Å². The van der Waals surface area contributed by atoms with Crippen molar-refractivity contribution in [2.24, 2.45) is 23.7 Å². The number of hydrogen-bond acceptors (Lipinski definition) is 4. The summed E-state index contributed by atoms with van der Waals surface area (Å²) in [6.07, 6.45) is 8.34. The highest BCUT2D eigenvalue weighted by molar-refractivity contribution is 7.11. The van der Waals surface area contributed by atoms with E-state index >= 15 is 0 Å². The summed E-state index contributed by atoms with van der Waals surface area (Å²) >= 11 is 1.90. The molecule has 0 spiro atoms. The van der Waals surface area contributed by atoms with E-state index in [-0.39, 0.29) is 0 Å². The lowest BCUT2D eigenvalue weighted by molar-refractivity contribution is 0.456. The molecule has 0 aliphatic heterocycles. The van der Waals surface area contributed by atoms with Gasteiger partial charge in [-0.2, -0.15) is 0 Å². The van der Waals surface area contributed by atoms with Crippen molar-refractivity contribution in [1.29, 1.82) is 0 Å². The van der Waals surface area contributed by atoms with Crippen molar-refractivity contribution in [2.45, 2.75) is 50.5 Å². The standard InChI is InChI=1S/C15H21N3S/c1-2-9-7-8(1)12-13(9)14(12)15-18-17-11(19-15)5-6-16-10-3-4-10/h8-10,12-14,16H,1-7H2. The molecule has 1 aromatic rings. The number of aromatic nitrogens is 2. The first-order chi connectivity index (χ1) is 9.40. The smallest absolute Gasteiger partial charge is 0.121 e. The average molecular weight is 275 g/mol. The molecule has 0 radical (unpaired) electrons. The van der Waals surface area contributed by atoms with Crippen molar-refractivity contribution in [3.8, 4) is 0 Å². The van der Waals surface area contributed by atoms with Gasteiger partial charge in [0.2, 0.25) is 0 Å². The minimum atomic E-state index is 0.811. The fourth-order valence-corrected chi connectivity index (χ4v) is 5.89. The third-order valence-corrected chi connectivity index (χ3v) is 6.94. The zero-order valence-corrected chi connectivity index (χ0v) is 12.0. The first-order valence-corrected chi connectivity index (χ1v) is 8.77. The molecule has 0 saturated heterocycles. The van der Waals surface area contributed by atoms with Crippen LogP contribution in [0.5, 0.6) is 0 Å². The van der Waals surface area contributed by atoms with E-state index in [0.29, 0.717) is 0 Å². The Kier molecular flexibility index (Phi) is 2.37. The maximum Gasteiger partial charge on any atom is 0.121 e. The van der Waals surface area contributed by atoms with Crippen molar-refractivity contribution in [1.82, 2.24) is 15.5 Å². The molecule has 4 fully saturated rings. The van der Waals surface area contributed by atoms with Crippen LogP contribution in [0.4, 0.5) is 0 Å². The second-order valence-corrected chi connectivity index (χ2v) is 8.12. The monoisotopic (exact) mass is 275 g/mol. The van der Waals surface area contributed by atoms with Gasteiger partial charge in [-0.3, -0.25) is 0 Å². The molecule has 1 aromatic heterocycles. The van der Waals surface area contributed by atoms with E-state index in [4.69, 9.17) is 0 Å². The predicted octanol–water partition coefficient (Wildman–Crippen LogP) is 2.59. The van der Waals surface area contributed by atoms with Gasteiger partial charge in [0.05, 0.1) is 0 Å². The molecule has 4 saturated carbocycles. The van der Waals surface area contributed by atoms with E-state index in [1.54, 1.807) is 0 Å². The molecule has 4 atom stereocenters. The third-order valence-electron chi connectivity index (χ3n) is 5.85. The largest absolute Gasteiger partial charge is 0.314 e. The van der Waals surface area contributed by atoms with E-state index in [1.807, 2.05) is 11.3 Å². The van der Waals surface area contributed by atoms with E-state index in [9.17, 15) is 0 Å². The van der Waals surface area contributed by atoms with Crippen LogP contribution in [0.25, 0.3) is 0 Å². The quantitative estimate of drug-likeness (QED) is 0.897. The maximum absolute atomic E-state index is 4.51. The van der Waals surface area contributed by atoms with Gasteiger partial charge in [0.15, 0.2) is 0 Å². The molecule has 2 bridgehead atoms. The van der Waals surface area contributed by atoms with Crippen LogP contribution in [-0.2, 0) is 6.42 Å². The molecule has 19 heavy (non-hydrogen) atoms. The average Bonchev–Trinajstić information content (AvgIpc) is 3.25. The maximum atomic E-state index is 4.51. The number of nitrogens with one attached hydrogen (secondary N) is 1. The van der Waals surface area contributed by atoms with Gasteiger partial charge in [0, 0.05) is 24.9 Å². The van der Waals surface area contributed by atoms with Crippen LogP contribution in [0.1, 0.15) is 48.0 Å². The fourth-order valence-electron chi connectivity index (χ4n) is 4.83. The second kappa shape index (κ2) is 4.01. The zero-order chi connectivity index (χ0) is 12.4. The van der Waals surface area contributed by atoms with E-state index in [1.165, 1.54) is 42.1 Å². The van der Waals surface area contributed by atoms with Crippen LogP contribution < -0.4 is 5.32 Å². The first kappa shape index (κ1) is 11.2. The topological polar surface area (TPSA) is 37.8 Å². The van der Waals surface area contributed by atoms with Gasteiger partial charge in [-0.25, -0.2) is 0 Å².